The van der Waals surface area contributed by atoms with Crippen molar-refractivity contribution in [3.05, 3.63) is 16.3 Å². The summed E-state index contributed by atoms with van der Waals surface area (Å²) in [6, 6.07) is 0. The molecule has 1 atom stereocenters. The minimum atomic E-state index is -0.380. The molecule has 2 aromatic rings. The van der Waals surface area contributed by atoms with Crippen molar-refractivity contribution in [1.82, 2.24) is 9.97 Å². The molecule has 0 bridgehead atoms. The zero-order valence-corrected chi connectivity index (χ0v) is 14.0. The summed E-state index contributed by atoms with van der Waals surface area (Å²) >= 11 is 2.67. The SMILES string of the molecule is COC(=O)c1sc2nc(C)nc(S[C@H]3CCOC3=O)c2c1C. The van der Waals surface area contributed by atoms with Crippen molar-refractivity contribution in [2.24, 2.45) is 0 Å². The minimum Gasteiger partial charge on any atom is -0.465 e. The molecule has 0 aliphatic carbocycles. The van der Waals surface area contributed by atoms with Crippen LogP contribution in [0, 0.1) is 13.8 Å². The monoisotopic (exact) mass is 338 g/mol. The van der Waals surface area contributed by atoms with Gasteiger partial charge in [0.1, 0.15) is 25.8 Å². The van der Waals surface area contributed by atoms with Gasteiger partial charge in [-0.15, -0.1) is 11.3 Å². The van der Waals surface area contributed by atoms with Crippen molar-refractivity contribution in [2.45, 2.75) is 30.5 Å². The Balaban J connectivity index is 2.10. The third-order valence-electron chi connectivity index (χ3n) is 3.38. The Morgan fingerprint density at radius 3 is 2.82 bits per heavy atom. The average Bonchev–Trinajstić information content (AvgIpc) is 3.02. The molecule has 0 N–H and O–H groups in total. The van der Waals surface area contributed by atoms with E-state index in [4.69, 9.17) is 9.47 Å². The maximum absolute atomic E-state index is 11.9. The van der Waals surface area contributed by atoms with Crippen LogP contribution in [0.4, 0.5) is 0 Å². The molecule has 1 saturated heterocycles. The Bertz CT molecular complexity index is 772. The van der Waals surface area contributed by atoms with Gasteiger partial charge in [-0.05, 0) is 19.4 Å². The molecule has 8 heteroatoms. The topological polar surface area (TPSA) is 78.4 Å². The summed E-state index contributed by atoms with van der Waals surface area (Å²) in [7, 11) is 1.35. The van der Waals surface area contributed by atoms with E-state index in [1.807, 2.05) is 6.92 Å². The molecule has 116 valence electrons. The number of thioether (sulfide) groups is 1. The molecule has 1 aliphatic heterocycles. The first-order valence-electron chi connectivity index (χ1n) is 6.70. The molecule has 1 fully saturated rings. The summed E-state index contributed by atoms with van der Waals surface area (Å²) in [5.41, 5.74) is 0.792. The first-order valence-corrected chi connectivity index (χ1v) is 8.40. The number of carbonyl (C=O) groups is 2. The van der Waals surface area contributed by atoms with E-state index in [-0.39, 0.29) is 17.2 Å². The number of thiophene rings is 1. The molecule has 0 unspecified atom stereocenters. The number of hydrogen-bond donors (Lipinski definition) is 0. The third-order valence-corrected chi connectivity index (χ3v) is 5.78. The van der Waals surface area contributed by atoms with Crippen molar-refractivity contribution >= 4 is 45.3 Å². The Kier molecular flexibility index (Phi) is 4.05. The number of nitrogens with zero attached hydrogens (tertiary/aromatic N) is 2. The average molecular weight is 338 g/mol. The van der Waals surface area contributed by atoms with Crippen LogP contribution in [0.15, 0.2) is 5.03 Å². The summed E-state index contributed by atoms with van der Waals surface area (Å²) in [6.07, 6.45) is 0.668. The van der Waals surface area contributed by atoms with Crippen LogP contribution < -0.4 is 0 Å². The summed E-state index contributed by atoms with van der Waals surface area (Å²) < 4.78 is 9.81. The quantitative estimate of drug-likeness (QED) is 0.628. The Labute approximate surface area is 135 Å². The fourth-order valence-corrected chi connectivity index (χ4v) is 4.71. The van der Waals surface area contributed by atoms with Gasteiger partial charge in [0.05, 0.1) is 13.7 Å². The Morgan fingerprint density at radius 1 is 1.41 bits per heavy atom. The number of rotatable bonds is 3. The predicted molar refractivity (Wildman–Crippen MR) is 83.4 cm³/mol. The van der Waals surface area contributed by atoms with Gasteiger partial charge in [0.15, 0.2) is 0 Å². The highest BCUT2D eigenvalue weighted by atomic mass is 32.2. The van der Waals surface area contributed by atoms with Gasteiger partial charge < -0.3 is 9.47 Å². The van der Waals surface area contributed by atoms with E-state index in [9.17, 15) is 9.59 Å². The van der Waals surface area contributed by atoms with Crippen LogP contribution in [0.3, 0.4) is 0 Å². The zero-order valence-electron chi connectivity index (χ0n) is 12.3. The van der Waals surface area contributed by atoms with Gasteiger partial charge in [-0.3, -0.25) is 4.79 Å². The second-order valence-electron chi connectivity index (χ2n) is 4.87. The van der Waals surface area contributed by atoms with Crippen molar-refractivity contribution in [1.29, 1.82) is 0 Å². The molecule has 1 aliphatic rings. The minimum absolute atomic E-state index is 0.213. The number of aryl methyl sites for hydroxylation is 2. The zero-order chi connectivity index (χ0) is 15.9. The number of hydrogen-bond acceptors (Lipinski definition) is 8. The highest BCUT2D eigenvalue weighted by Gasteiger charge is 2.30. The number of fused-ring (bicyclic) bond motifs is 1. The van der Waals surface area contributed by atoms with Gasteiger partial charge in [0, 0.05) is 11.8 Å². The number of esters is 2. The summed E-state index contributed by atoms with van der Waals surface area (Å²) in [4.78, 5) is 33.7. The number of methoxy groups -OCH3 is 1. The van der Waals surface area contributed by atoms with E-state index in [2.05, 4.69) is 9.97 Å². The molecule has 6 nitrogen and oxygen atoms in total. The number of ether oxygens (including phenoxy) is 2. The van der Waals surface area contributed by atoms with Crippen molar-refractivity contribution < 1.29 is 19.1 Å². The third kappa shape index (κ3) is 2.56. The second-order valence-corrected chi connectivity index (χ2v) is 7.06. The van der Waals surface area contributed by atoms with E-state index in [0.29, 0.717) is 23.7 Å². The second kappa shape index (κ2) is 5.85. The molecular weight excluding hydrogens is 324 g/mol. The van der Waals surface area contributed by atoms with Crippen LogP contribution in [0.2, 0.25) is 0 Å². The summed E-state index contributed by atoms with van der Waals surface area (Å²) in [5.74, 6) is 0.0175. The molecule has 0 radical (unpaired) electrons. The van der Waals surface area contributed by atoms with E-state index in [1.165, 1.54) is 30.2 Å². The molecule has 22 heavy (non-hydrogen) atoms. The molecule has 2 aromatic heterocycles. The molecule has 3 heterocycles. The molecular formula is C14H14N2O4S2. The first-order chi connectivity index (χ1) is 10.5. The predicted octanol–water partition coefficient (Wildman–Crippen LogP) is 2.50. The highest BCUT2D eigenvalue weighted by molar-refractivity contribution is 8.00. The van der Waals surface area contributed by atoms with Gasteiger partial charge in [0.25, 0.3) is 0 Å². The molecule has 0 amide bonds. The van der Waals surface area contributed by atoms with Crippen LogP contribution in [0.5, 0.6) is 0 Å². The fraction of sp³-hybridized carbons (Fsp3) is 0.429. The standard InChI is InChI=1S/C14H14N2O4S2/c1-6-9-11(21-8-4-5-20-13(8)17)15-7(2)16-12(9)22-10(6)14(18)19-3/h8H,4-5H2,1-3H3/t8-/m0/s1. The van der Waals surface area contributed by atoms with Gasteiger partial charge in [-0.2, -0.15) is 0 Å². The number of carbonyl (C=O) groups excluding carboxylic acids is 2. The van der Waals surface area contributed by atoms with Crippen LogP contribution in [0.25, 0.3) is 10.2 Å². The van der Waals surface area contributed by atoms with E-state index in [1.54, 1.807) is 6.92 Å². The smallest absolute Gasteiger partial charge is 0.348 e. The van der Waals surface area contributed by atoms with E-state index < -0.39 is 0 Å². The lowest BCUT2D eigenvalue weighted by Crippen LogP contribution is -2.10. The van der Waals surface area contributed by atoms with Crippen molar-refractivity contribution in [3.63, 3.8) is 0 Å². The molecule has 0 aromatic carbocycles. The van der Waals surface area contributed by atoms with Gasteiger partial charge in [-0.25, -0.2) is 14.8 Å². The van der Waals surface area contributed by atoms with Gasteiger partial charge in [-0.1, -0.05) is 11.8 Å². The maximum Gasteiger partial charge on any atom is 0.348 e. The lowest BCUT2D eigenvalue weighted by atomic mass is 10.2. The molecule has 0 spiro atoms. The Hall–Kier alpha value is -1.67. The lowest BCUT2D eigenvalue weighted by molar-refractivity contribution is -0.137. The lowest BCUT2D eigenvalue weighted by Gasteiger charge is -2.07. The van der Waals surface area contributed by atoms with Gasteiger partial charge in [0.2, 0.25) is 0 Å². The molecule has 0 saturated carbocycles. The van der Waals surface area contributed by atoms with E-state index >= 15 is 0 Å². The van der Waals surface area contributed by atoms with Crippen molar-refractivity contribution in [2.75, 3.05) is 13.7 Å². The Morgan fingerprint density at radius 2 is 2.18 bits per heavy atom. The number of aromatic nitrogens is 2. The van der Waals surface area contributed by atoms with Crippen LogP contribution in [-0.2, 0) is 14.3 Å². The maximum atomic E-state index is 11.9. The first kappa shape index (κ1) is 15.2. The van der Waals surface area contributed by atoms with Crippen LogP contribution >= 0.6 is 23.1 Å². The van der Waals surface area contributed by atoms with E-state index in [0.717, 1.165) is 20.8 Å². The van der Waals surface area contributed by atoms with Crippen LogP contribution in [-0.4, -0.2) is 40.9 Å². The van der Waals surface area contributed by atoms with Gasteiger partial charge >= 0.3 is 11.9 Å². The number of cyclic esters (lactones) is 1. The highest BCUT2D eigenvalue weighted by Crippen LogP contribution is 2.38. The normalized spacial score (nSPS) is 17.8. The molecule has 3 rings (SSSR count). The fourth-order valence-electron chi connectivity index (χ4n) is 2.30. The largest absolute Gasteiger partial charge is 0.465 e. The summed E-state index contributed by atoms with van der Waals surface area (Å²) in [6.45, 7) is 4.09. The van der Waals surface area contributed by atoms with Crippen LogP contribution in [0.1, 0.15) is 27.5 Å². The van der Waals surface area contributed by atoms with Crippen molar-refractivity contribution in [3.8, 4) is 0 Å². The summed E-state index contributed by atoms with van der Waals surface area (Å²) in [5, 5.41) is 1.29.